The summed E-state index contributed by atoms with van der Waals surface area (Å²) < 4.78 is 58.3. The van der Waals surface area contributed by atoms with Crippen LogP contribution in [0.3, 0.4) is 0 Å². The first-order chi connectivity index (χ1) is 11.2. The largest absolute Gasteiger partial charge is 0.476 e. The molecule has 2 aromatic heterocycles. The van der Waals surface area contributed by atoms with Crippen LogP contribution < -0.4 is 10.5 Å². The molecule has 1 aliphatic rings. The minimum absolute atomic E-state index is 0.0263. The van der Waals surface area contributed by atoms with Gasteiger partial charge in [0.15, 0.2) is 5.82 Å². The molecule has 128 valence electrons. The molecule has 0 radical (unpaired) electrons. The van der Waals surface area contributed by atoms with Gasteiger partial charge in [0.1, 0.15) is 12.0 Å². The fraction of sp³-hybridized carbons (Fsp3) is 0.357. The first-order valence-electron chi connectivity index (χ1n) is 6.94. The minimum atomic E-state index is -4.31. The number of pyridine rings is 1. The number of nitrogens with zero attached hydrogens (tertiary/aromatic N) is 3. The molecular formula is C14H12F4N4O2. The van der Waals surface area contributed by atoms with Crippen LogP contribution in [0, 0.1) is 11.4 Å². The van der Waals surface area contributed by atoms with Crippen LogP contribution >= 0.6 is 0 Å². The van der Waals surface area contributed by atoms with Crippen LogP contribution in [-0.4, -0.2) is 33.5 Å². The Kier molecular flexibility index (Phi) is 3.69. The van der Waals surface area contributed by atoms with Crippen molar-refractivity contribution >= 4 is 5.91 Å². The number of aromatic nitrogens is 3. The molecule has 0 bridgehead atoms. The molecule has 0 saturated heterocycles. The van der Waals surface area contributed by atoms with E-state index >= 15 is 0 Å². The van der Waals surface area contributed by atoms with E-state index in [0.29, 0.717) is 0 Å². The lowest BCUT2D eigenvalue weighted by atomic mass is 10.1. The van der Waals surface area contributed by atoms with E-state index in [1.165, 1.54) is 18.3 Å². The van der Waals surface area contributed by atoms with Gasteiger partial charge in [-0.1, -0.05) is 0 Å². The van der Waals surface area contributed by atoms with Crippen molar-refractivity contribution in [2.75, 3.05) is 6.61 Å². The third-order valence-corrected chi connectivity index (χ3v) is 3.85. The van der Waals surface area contributed by atoms with Gasteiger partial charge in [0, 0.05) is 12.3 Å². The lowest BCUT2D eigenvalue weighted by Gasteiger charge is -2.18. The van der Waals surface area contributed by atoms with Crippen molar-refractivity contribution in [3.05, 3.63) is 35.9 Å². The molecule has 0 atom stereocenters. The molecule has 0 aliphatic heterocycles. The number of hydrogen-bond acceptors (Lipinski definition) is 4. The number of hydrogen-bond donors (Lipinski definition) is 1. The molecule has 1 amide bonds. The summed E-state index contributed by atoms with van der Waals surface area (Å²) in [6.07, 6.45) is -2.91. The summed E-state index contributed by atoms with van der Waals surface area (Å²) in [5.41, 5.74) is 2.80. The van der Waals surface area contributed by atoms with Gasteiger partial charge >= 0.3 is 6.18 Å². The average molecular weight is 344 g/mol. The minimum Gasteiger partial charge on any atom is -0.476 e. The van der Waals surface area contributed by atoms with Crippen LogP contribution in [0.2, 0.25) is 0 Å². The second-order valence-electron chi connectivity index (χ2n) is 5.54. The van der Waals surface area contributed by atoms with E-state index in [0.717, 1.165) is 10.7 Å². The van der Waals surface area contributed by atoms with Crippen molar-refractivity contribution in [2.45, 2.75) is 19.0 Å². The topological polar surface area (TPSA) is 83.0 Å². The van der Waals surface area contributed by atoms with E-state index in [1.54, 1.807) is 0 Å². The number of carbonyl (C=O) groups excluding carboxylic acids is 1. The van der Waals surface area contributed by atoms with Crippen LogP contribution in [0.25, 0.3) is 5.82 Å². The summed E-state index contributed by atoms with van der Waals surface area (Å²) in [4.78, 5) is 14.5. The maximum absolute atomic E-state index is 13.6. The lowest BCUT2D eigenvalue weighted by Crippen LogP contribution is -2.30. The second-order valence-corrected chi connectivity index (χ2v) is 5.54. The van der Waals surface area contributed by atoms with Gasteiger partial charge in [0.05, 0.1) is 5.56 Å². The van der Waals surface area contributed by atoms with Gasteiger partial charge in [-0.3, -0.25) is 4.79 Å². The van der Waals surface area contributed by atoms with Gasteiger partial charge in [0.2, 0.25) is 11.8 Å². The van der Waals surface area contributed by atoms with Crippen LogP contribution in [0.15, 0.2) is 24.4 Å². The molecular weight excluding hydrogens is 332 g/mol. The van der Waals surface area contributed by atoms with Gasteiger partial charge in [0.25, 0.3) is 5.91 Å². The third kappa shape index (κ3) is 2.91. The zero-order valence-electron chi connectivity index (χ0n) is 12.2. The molecule has 10 heteroatoms. The molecule has 0 unspecified atom stereocenters. The quantitative estimate of drug-likeness (QED) is 0.666. The highest BCUT2D eigenvalue weighted by atomic mass is 19.4. The van der Waals surface area contributed by atoms with Crippen molar-refractivity contribution < 1.29 is 27.1 Å². The summed E-state index contributed by atoms with van der Waals surface area (Å²) in [6.45, 7) is -0.518. The lowest BCUT2D eigenvalue weighted by molar-refractivity contribution is -0.194. The molecule has 1 saturated carbocycles. The summed E-state index contributed by atoms with van der Waals surface area (Å²) in [5, 5.41) is 3.89. The molecule has 0 aromatic carbocycles. The molecule has 1 aliphatic carbocycles. The van der Waals surface area contributed by atoms with E-state index in [2.05, 4.69) is 10.1 Å². The predicted molar refractivity (Wildman–Crippen MR) is 73.1 cm³/mol. The molecule has 2 heterocycles. The van der Waals surface area contributed by atoms with E-state index in [1.807, 2.05) is 0 Å². The maximum atomic E-state index is 13.6. The van der Waals surface area contributed by atoms with E-state index < -0.39 is 30.1 Å². The van der Waals surface area contributed by atoms with Crippen molar-refractivity contribution in [1.82, 2.24) is 14.8 Å². The van der Waals surface area contributed by atoms with Crippen molar-refractivity contribution in [1.29, 1.82) is 0 Å². The number of rotatable bonds is 5. The monoisotopic (exact) mass is 344 g/mol. The van der Waals surface area contributed by atoms with Crippen molar-refractivity contribution in [3.8, 4) is 11.7 Å². The smallest absolute Gasteiger partial charge is 0.397 e. The Labute approximate surface area is 133 Å². The molecule has 1 fully saturated rings. The normalized spacial score (nSPS) is 16.0. The van der Waals surface area contributed by atoms with Gasteiger partial charge in [-0.2, -0.15) is 22.5 Å². The zero-order valence-corrected chi connectivity index (χ0v) is 12.2. The Balaban J connectivity index is 1.72. The molecule has 6 nitrogen and oxygen atoms in total. The van der Waals surface area contributed by atoms with Gasteiger partial charge in [-0.05, 0) is 25.0 Å². The summed E-state index contributed by atoms with van der Waals surface area (Å²) in [7, 11) is 0. The fourth-order valence-corrected chi connectivity index (χ4v) is 2.12. The third-order valence-electron chi connectivity index (χ3n) is 3.85. The summed E-state index contributed by atoms with van der Waals surface area (Å²) in [5.74, 6) is -2.03. The van der Waals surface area contributed by atoms with Gasteiger partial charge in [-0.25, -0.2) is 4.68 Å². The Morgan fingerprint density at radius 2 is 2.04 bits per heavy atom. The summed E-state index contributed by atoms with van der Waals surface area (Å²) >= 11 is 0. The fourth-order valence-electron chi connectivity index (χ4n) is 2.12. The highest BCUT2D eigenvalue weighted by Crippen LogP contribution is 2.57. The number of nitrogens with two attached hydrogens (primary N) is 1. The molecule has 2 N–H and O–H groups in total. The number of amides is 1. The Morgan fingerprint density at radius 3 is 2.58 bits per heavy atom. The molecule has 2 aromatic rings. The van der Waals surface area contributed by atoms with Gasteiger partial charge in [-0.15, -0.1) is 5.10 Å². The van der Waals surface area contributed by atoms with Crippen molar-refractivity contribution in [2.24, 2.45) is 11.1 Å². The Morgan fingerprint density at radius 1 is 1.33 bits per heavy atom. The molecule has 3 rings (SSSR count). The van der Waals surface area contributed by atoms with Crippen LogP contribution in [0.4, 0.5) is 17.6 Å². The molecule has 0 spiro atoms. The summed E-state index contributed by atoms with van der Waals surface area (Å²) in [6, 6.07) is 3.79. The SMILES string of the molecule is NC(=O)c1ccc(-n2ccc(OCC3(C(F)(F)F)CC3)n2)nc1F. The van der Waals surface area contributed by atoms with Crippen molar-refractivity contribution in [3.63, 3.8) is 0 Å². The Hall–Kier alpha value is -2.65. The zero-order chi connectivity index (χ0) is 17.5. The number of primary amides is 1. The van der Waals surface area contributed by atoms with Crippen LogP contribution in [-0.2, 0) is 0 Å². The predicted octanol–water partition coefficient (Wildman–Crippen LogP) is 2.23. The van der Waals surface area contributed by atoms with Crippen LogP contribution in [0.5, 0.6) is 5.88 Å². The highest BCUT2D eigenvalue weighted by Gasteiger charge is 2.63. The number of alkyl halides is 3. The first-order valence-corrected chi connectivity index (χ1v) is 6.94. The number of halogens is 4. The number of carbonyl (C=O) groups is 1. The van der Waals surface area contributed by atoms with Crippen LogP contribution in [0.1, 0.15) is 23.2 Å². The Bertz CT molecular complexity index is 783. The van der Waals surface area contributed by atoms with E-state index in [9.17, 15) is 22.4 Å². The van der Waals surface area contributed by atoms with E-state index in [-0.39, 0.29) is 30.1 Å². The molecule has 24 heavy (non-hydrogen) atoms. The van der Waals surface area contributed by atoms with Gasteiger partial charge < -0.3 is 10.5 Å². The van der Waals surface area contributed by atoms with E-state index in [4.69, 9.17) is 10.5 Å². The first kappa shape index (κ1) is 16.2. The standard InChI is InChI=1S/C14H12F4N4O2/c15-11-8(12(19)23)1-2-9(20-11)22-6-3-10(21-22)24-7-13(4-5-13)14(16,17)18/h1-3,6H,4-5,7H2,(H2,19,23). The average Bonchev–Trinajstić information content (AvgIpc) is 3.16. The number of ether oxygens (including phenoxy) is 1. The highest BCUT2D eigenvalue weighted by molar-refractivity contribution is 5.92. The maximum Gasteiger partial charge on any atom is 0.397 e. The second kappa shape index (κ2) is 5.46.